The van der Waals surface area contributed by atoms with Crippen molar-refractivity contribution >= 4 is 32.4 Å². The smallest absolute Gasteiger partial charge is 0.270 e. The predicted octanol–water partition coefficient (Wildman–Crippen LogP) is 3.14. The van der Waals surface area contributed by atoms with Crippen molar-refractivity contribution in [2.45, 2.75) is 56.2 Å². The van der Waals surface area contributed by atoms with Crippen molar-refractivity contribution < 1.29 is 13.2 Å². The molecule has 0 aliphatic heterocycles. The number of amides is 1. The third-order valence-corrected chi connectivity index (χ3v) is 8.77. The van der Waals surface area contributed by atoms with Gasteiger partial charge in [0, 0.05) is 11.6 Å². The van der Waals surface area contributed by atoms with E-state index in [1.165, 1.54) is 11.3 Å². The molecule has 9 nitrogen and oxygen atoms in total. The first kappa shape index (κ1) is 21.1. The van der Waals surface area contributed by atoms with E-state index in [0.29, 0.717) is 29.4 Å². The van der Waals surface area contributed by atoms with Crippen LogP contribution in [0, 0.1) is 6.92 Å². The van der Waals surface area contributed by atoms with Crippen molar-refractivity contribution in [2.24, 2.45) is 0 Å². The lowest BCUT2D eigenvalue weighted by Gasteiger charge is -2.15. The molecule has 32 heavy (non-hydrogen) atoms. The molecule has 3 aromatic heterocycles. The van der Waals surface area contributed by atoms with Crippen LogP contribution in [-0.4, -0.2) is 39.1 Å². The van der Waals surface area contributed by atoms with E-state index in [1.54, 1.807) is 18.6 Å². The van der Waals surface area contributed by atoms with Crippen molar-refractivity contribution in [2.75, 3.05) is 4.72 Å². The summed E-state index contributed by atoms with van der Waals surface area (Å²) in [7, 11) is -3.42. The summed E-state index contributed by atoms with van der Waals surface area (Å²) in [6.45, 7) is 1.91. The highest BCUT2D eigenvalue weighted by Crippen LogP contribution is 2.46. The molecule has 168 valence electrons. The minimum Gasteiger partial charge on any atom is -0.340 e. The molecule has 0 atom stereocenters. The molecule has 0 spiro atoms. The molecule has 2 N–H and O–H groups in total. The second-order valence-electron chi connectivity index (χ2n) is 8.45. The lowest BCUT2D eigenvalue weighted by molar-refractivity contribution is 0.0925. The normalized spacial score (nSPS) is 17.9. The Labute approximate surface area is 190 Å². The second kappa shape index (κ2) is 7.96. The summed E-state index contributed by atoms with van der Waals surface area (Å²) >= 11 is 1.25. The number of nitrogens with one attached hydrogen (secondary N) is 2. The number of carbonyl (C=O) groups excluding carboxylic acids is 1. The summed E-state index contributed by atoms with van der Waals surface area (Å²) in [6.07, 6.45) is 10.0. The van der Waals surface area contributed by atoms with Gasteiger partial charge in [0.05, 0.1) is 40.4 Å². The third kappa shape index (κ3) is 4.14. The van der Waals surface area contributed by atoms with E-state index in [2.05, 4.69) is 25.0 Å². The van der Waals surface area contributed by atoms with Crippen molar-refractivity contribution in [1.82, 2.24) is 24.8 Å². The molecule has 0 bridgehead atoms. The van der Waals surface area contributed by atoms with Crippen LogP contribution in [-0.2, 0) is 15.6 Å². The molecule has 2 saturated carbocycles. The van der Waals surface area contributed by atoms with Crippen LogP contribution in [0.4, 0.5) is 5.13 Å². The Morgan fingerprint density at radius 2 is 2.00 bits per heavy atom. The Morgan fingerprint density at radius 3 is 2.62 bits per heavy atom. The highest BCUT2D eigenvalue weighted by atomic mass is 32.2. The monoisotopic (exact) mass is 472 g/mol. The van der Waals surface area contributed by atoms with Crippen molar-refractivity contribution in [3.8, 4) is 5.69 Å². The molecule has 2 aliphatic carbocycles. The quantitative estimate of drug-likeness (QED) is 0.545. The highest BCUT2D eigenvalue weighted by molar-refractivity contribution is 7.93. The second-order valence-corrected chi connectivity index (χ2v) is 11.3. The molecule has 0 saturated heterocycles. The van der Waals surface area contributed by atoms with Crippen LogP contribution in [0.15, 0.2) is 36.2 Å². The minimum atomic E-state index is -3.42. The first-order valence-corrected chi connectivity index (χ1v) is 13.0. The molecule has 0 aromatic carbocycles. The van der Waals surface area contributed by atoms with Gasteiger partial charge in [-0.25, -0.2) is 23.4 Å². The van der Waals surface area contributed by atoms with Gasteiger partial charge in [-0.05, 0) is 44.7 Å². The van der Waals surface area contributed by atoms with E-state index in [-0.39, 0.29) is 11.2 Å². The standard InChI is InChI=1S/C21H24N6O3S2/c1-14-11-27(13-23-14)15-6-7-17(22-10-15)19(28)25-21(8-9-21)18-12-31-20(24-18)26-32(29,30)16-4-2-3-5-16/h6-7,10-13,16H,2-5,8-9H2,1H3,(H,24,26)(H,25,28). The van der Waals surface area contributed by atoms with E-state index in [0.717, 1.165) is 37.1 Å². The fourth-order valence-electron chi connectivity index (χ4n) is 4.03. The summed E-state index contributed by atoms with van der Waals surface area (Å²) in [5.41, 5.74) is 2.16. The first-order valence-electron chi connectivity index (χ1n) is 10.6. The summed E-state index contributed by atoms with van der Waals surface area (Å²) in [5, 5.41) is 4.87. The van der Waals surface area contributed by atoms with Gasteiger partial charge in [0.25, 0.3) is 5.91 Å². The number of anilines is 1. The van der Waals surface area contributed by atoms with Gasteiger partial charge in [0.2, 0.25) is 10.0 Å². The molecular weight excluding hydrogens is 448 g/mol. The lowest BCUT2D eigenvalue weighted by Crippen LogP contribution is -2.35. The third-order valence-electron chi connectivity index (χ3n) is 6.06. The summed E-state index contributed by atoms with van der Waals surface area (Å²) in [5.74, 6) is -0.281. The fraction of sp³-hybridized carbons (Fsp3) is 0.429. The Balaban J connectivity index is 1.26. The van der Waals surface area contributed by atoms with Gasteiger partial charge in [0.1, 0.15) is 5.69 Å². The summed E-state index contributed by atoms with van der Waals surface area (Å²) in [4.78, 5) is 25.8. The number of hydrogen-bond donors (Lipinski definition) is 2. The van der Waals surface area contributed by atoms with Crippen LogP contribution in [0.25, 0.3) is 5.69 Å². The SMILES string of the molecule is Cc1cn(-c2ccc(C(=O)NC3(c4csc(NS(=O)(=O)C5CCCC5)n4)CC3)nc2)cn1. The van der Waals surface area contributed by atoms with Gasteiger partial charge in [-0.15, -0.1) is 11.3 Å². The number of carbonyl (C=O) groups is 1. The topological polar surface area (TPSA) is 119 Å². The molecule has 3 heterocycles. The Kier molecular flexibility index (Phi) is 5.25. The predicted molar refractivity (Wildman–Crippen MR) is 121 cm³/mol. The number of thiazole rings is 1. The number of aryl methyl sites for hydroxylation is 1. The Morgan fingerprint density at radius 1 is 1.22 bits per heavy atom. The summed E-state index contributed by atoms with van der Waals surface area (Å²) < 4.78 is 29.6. The molecule has 1 amide bonds. The molecule has 0 unspecified atom stereocenters. The summed E-state index contributed by atoms with van der Waals surface area (Å²) in [6, 6.07) is 3.50. The molecule has 3 aromatic rings. The number of imidazole rings is 1. The number of pyridine rings is 1. The number of nitrogens with zero attached hydrogens (tertiary/aromatic N) is 4. The average molecular weight is 473 g/mol. The maximum atomic E-state index is 12.8. The Bertz CT molecular complexity index is 1240. The van der Waals surface area contributed by atoms with E-state index < -0.39 is 15.6 Å². The largest absolute Gasteiger partial charge is 0.340 e. The van der Waals surface area contributed by atoms with Crippen LogP contribution in [0.1, 0.15) is 60.4 Å². The zero-order valence-corrected chi connectivity index (χ0v) is 19.2. The van der Waals surface area contributed by atoms with Gasteiger partial charge in [-0.1, -0.05) is 12.8 Å². The zero-order valence-electron chi connectivity index (χ0n) is 17.6. The van der Waals surface area contributed by atoms with Crippen molar-refractivity contribution in [3.05, 3.63) is 53.3 Å². The van der Waals surface area contributed by atoms with E-state index in [9.17, 15) is 13.2 Å². The van der Waals surface area contributed by atoms with Gasteiger partial charge in [0.15, 0.2) is 5.13 Å². The van der Waals surface area contributed by atoms with Gasteiger partial charge in [-0.2, -0.15) is 0 Å². The molecule has 2 fully saturated rings. The maximum absolute atomic E-state index is 12.8. The minimum absolute atomic E-state index is 0.281. The van der Waals surface area contributed by atoms with Crippen LogP contribution < -0.4 is 10.0 Å². The molecular formula is C21H24N6O3S2. The van der Waals surface area contributed by atoms with Crippen LogP contribution in [0.2, 0.25) is 0 Å². The molecule has 2 aliphatic rings. The van der Waals surface area contributed by atoms with E-state index in [1.807, 2.05) is 29.1 Å². The van der Waals surface area contributed by atoms with E-state index >= 15 is 0 Å². The fourth-order valence-corrected chi connectivity index (χ4v) is 6.63. The zero-order chi connectivity index (χ0) is 22.3. The van der Waals surface area contributed by atoms with Crippen LogP contribution in [0.3, 0.4) is 0 Å². The number of hydrogen-bond acceptors (Lipinski definition) is 7. The number of rotatable bonds is 7. The van der Waals surface area contributed by atoms with Crippen molar-refractivity contribution in [3.63, 3.8) is 0 Å². The molecule has 11 heteroatoms. The number of aromatic nitrogens is 4. The highest BCUT2D eigenvalue weighted by Gasteiger charge is 2.48. The van der Waals surface area contributed by atoms with Gasteiger partial charge < -0.3 is 9.88 Å². The van der Waals surface area contributed by atoms with E-state index in [4.69, 9.17) is 0 Å². The van der Waals surface area contributed by atoms with Crippen LogP contribution >= 0.6 is 11.3 Å². The van der Waals surface area contributed by atoms with Crippen LogP contribution in [0.5, 0.6) is 0 Å². The molecule has 5 rings (SSSR count). The Hall–Kier alpha value is -2.79. The lowest BCUT2D eigenvalue weighted by atomic mass is 10.2. The van der Waals surface area contributed by atoms with Gasteiger partial charge in [-0.3, -0.25) is 9.52 Å². The first-order chi connectivity index (χ1) is 15.3. The van der Waals surface area contributed by atoms with Crippen molar-refractivity contribution in [1.29, 1.82) is 0 Å². The average Bonchev–Trinajstić information content (AvgIpc) is 3.21. The van der Waals surface area contributed by atoms with Gasteiger partial charge >= 0.3 is 0 Å². The maximum Gasteiger partial charge on any atom is 0.270 e. The number of sulfonamides is 1. The molecule has 0 radical (unpaired) electrons.